The lowest BCUT2D eigenvalue weighted by Crippen LogP contribution is -2.19. The summed E-state index contributed by atoms with van der Waals surface area (Å²) in [6.07, 6.45) is 3.84. The molecule has 0 aromatic carbocycles. The highest BCUT2D eigenvalue weighted by molar-refractivity contribution is 5.93. The first-order valence-electron chi connectivity index (χ1n) is 4.46. The normalized spacial score (nSPS) is 14.9. The number of hydroxylamine groups is 1. The zero-order chi connectivity index (χ0) is 9.97. The minimum atomic E-state index is -0.522. The molecule has 0 radical (unpaired) electrons. The van der Waals surface area contributed by atoms with Crippen LogP contribution in [0.4, 0.5) is 5.82 Å². The summed E-state index contributed by atoms with van der Waals surface area (Å²) in [7, 11) is 0. The van der Waals surface area contributed by atoms with E-state index < -0.39 is 5.91 Å². The molecule has 0 saturated heterocycles. The summed E-state index contributed by atoms with van der Waals surface area (Å²) in [4.78, 5) is 15.1. The molecule has 14 heavy (non-hydrogen) atoms. The fraction of sp³-hybridized carbons (Fsp3) is 0.333. The average molecular weight is 193 g/mol. The van der Waals surface area contributed by atoms with Crippen LogP contribution in [0.3, 0.4) is 0 Å². The van der Waals surface area contributed by atoms with Gasteiger partial charge in [-0.1, -0.05) is 0 Å². The molecule has 1 saturated carbocycles. The van der Waals surface area contributed by atoms with Crippen molar-refractivity contribution in [3.05, 3.63) is 23.9 Å². The highest BCUT2D eigenvalue weighted by atomic mass is 16.5. The molecule has 1 fully saturated rings. The average Bonchev–Trinajstić information content (AvgIpc) is 3.01. The van der Waals surface area contributed by atoms with E-state index in [1.165, 1.54) is 6.20 Å². The molecule has 0 aliphatic heterocycles. The molecule has 1 aliphatic carbocycles. The van der Waals surface area contributed by atoms with Crippen molar-refractivity contribution in [2.45, 2.75) is 18.9 Å². The third-order valence-electron chi connectivity index (χ3n) is 2.05. The lowest BCUT2D eigenvalue weighted by Gasteiger charge is -2.04. The first-order valence-corrected chi connectivity index (χ1v) is 4.46. The molecule has 0 spiro atoms. The number of hydrogen-bond donors (Lipinski definition) is 3. The molecular weight excluding hydrogens is 182 g/mol. The number of pyridine rings is 1. The molecule has 1 aromatic rings. The molecule has 2 rings (SSSR count). The van der Waals surface area contributed by atoms with Crippen molar-refractivity contribution in [1.82, 2.24) is 10.5 Å². The lowest BCUT2D eigenvalue weighted by molar-refractivity contribution is 0.0706. The van der Waals surface area contributed by atoms with Crippen LogP contribution in [0.5, 0.6) is 0 Å². The Hall–Kier alpha value is -1.62. The number of carbonyl (C=O) groups excluding carboxylic acids is 1. The Kier molecular flexibility index (Phi) is 2.32. The van der Waals surface area contributed by atoms with Crippen molar-refractivity contribution >= 4 is 11.7 Å². The smallest absolute Gasteiger partial charge is 0.274 e. The van der Waals surface area contributed by atoms with Crippen molar-refractivity contribution in [2.75, 3.05) is 5.32 Å². The van der Waals surface area contributed by atoms with E-state index in [1.807, 2.05) is 0 Å². The summed E-state index contributed by atoms with van der Waals surface area (Å²) >= 11 is 0. The van der Waals surface area contributed by atoms with Gasteiger partial charge < -0.3 is 5.32 Å². The van der Waals surface area contributed by atoms with Crippen LogP contribution in [0.2, 0.25) is 0 Å². The van der Waals surface area contributed by atoms with Gasteiger partial charge in [0.1, 0.15) is 5.82 Å². The van der Waals surface area contributed by atoms with Gasteiger partial charge in [0.05, 0.1) is 0 Å². The van der Waals surface area contributed by atoms with Crippen LogP contribution >= 0.6 is 0 Å². The number of amides is 1. The van der Waals surface area contributed by atoms with Gasteiger partial charge in [0.2, 0.25) is 0 Å². The zero-order valence-corrected chi connectivity index (χ0v) is 7.53. The molecule has 5 heteroatoms. The van der Waals surface area contributed by atoms with Crippen molar-refractivity contribution in [1.29, 1.82) is 0 Å². The van der Waals surface area contributed by atoms with Crippen LogP contribution in [0.1, 0.15) is 23.2 Å². The van der Waals surface area contributed by atoms with Crippen molar-refractivity contribution in [3.63, 3.8) is 0 Å². The summed E-state index contributed by atoms with van der Waals surface area (Å²) < 4.78 is 0. The van der Waals surface area contributed by atoms with Gasteiger partial charge in [-0.3, -0.25) is 10.0 Å². The van der Waals surface area contributed by atoms with Crippen LogP contribution in [0, 0.1) is 0 Å². The van der Waals surface area contributed by atoms with Crippen LogP contribution in [0.15, 0.2) is 18.3 Å². The summed E-state index contributed by atoms with van der Waals surface area (Å²) in [5, 5.41) is 11.6. The van der Waals surface area contributed by atoms with E-state index in [2.05, 4.69) is 10.3 Å². The van der Waals surface area contributed by atoms with Gasteiger partial charge in [0, 0.05) is 17.8 Å². The fourth-order valence-electron chi connectivity index (χ4n) is 1.15. The number of carbonyl (C=O) groups is 1. The van der Waals surface area contributed by atoms with Gasteiger partial charge in [-0.2, -0.15) is 0 Å². The lowest BCUT2D eigenvalue weighted by atomic mass is 10.2. The maximum atomic E-state index is 11.1. The Morgan fingerprint density at radius 2 is 2.36 bits per heavy atom. The Morgan fingerprint density at radius 3 is 3.00 bits per heavy atom. The van der Waals surface area contributed by atoms with Crippen LogP contribution in [-0.2, 0) is 0 Å². The summed E-state index contributed by atoms with van der Waals surface area (Å²) in [5.74, 6) is 0.153. The second kappa shape index (κ2) is 3.63. The predicted molar refractivity (Wildman–Crippen MR) is 50.1 cm³/mol. The molecule has 74 valence electrons. The molecule has 3 N–H and O–H groups in total. The second-order valence-electron chi connectivity index (χ2n) is 3.29. The number of anilines is 1. The SMILES string of the molecule is O=C(NO)c1ccnc(NC2CC2)c1. The standard InChI is InChI=1S/C9H11N3O2/c13-9(12-14)6-3-4-10-8(5-6)11-7-1-2-7/h3-5,7,14H,1-2H2,(H,10,11)(H,12,13). The molecule has 0 atom stereocenters. The Balaban J connectivity index is 2.12. The van der Waals surface area contributed by atoms with Crippen molar-refractivity contribution in [3.8, 4) is 0 Å². The van der Waals surface area contributed by atoms with Gasteiger partial charge in [-0.05, 0) is 25.0 Å². The minimum absolute atomic E-state index is 0.394. The quantitative estimate of drug-likeness (QED) is 0.489. The highest BCUT2D eigenvalue weighted by Gasteiger charge is 2.21. The third-order valence-corrected chi connectivity index (χ3v) is 2.05. The molecule has 1 aromatic heterocycles. The Labute approximate surface area is 81.1 Å². The summed E-state index contributed by atoms with van der Waals surface area (Å²) in [6.45, 7) is 0. The monoisotopic (exact) mass is 193 g/mol. The van der Waals surface area contributed by atoms with Crippen molar-refractivity contribution in [2.24, 2.45) is 0 Å². The van der Waals surface area contributed by atoms with Crippen LogP contribution < -0.4 is 10.8 Å². The van der Waals surface area contributed by atoms with Gasteiger partial charge in [-0.15, -0.1) is 0 Å². The largest absolute Gasteiger partial charge is 0.367 e. The first-order chi connectivity index (χ1) is 6.79. The fourth-order valence-corrected chi connectivity index (χ4v) is 1.15. The van der Waals surface area contributed by atoms with Gasteiger partial charge >= 0.3 is 0 Å². The first kappa shape index (κ1) is 8.96. The minimum Gasteiger partial charge on any atom is -0.367 e. The topological polar surface area (TPSA) is 74.2 Å². The summed E-state index contributed by atoms with van der Waals surface area (Å²) in [5.41, 5.74) is 1.98. The van der Waals surface area contributed by atoms with E-state index in [9.17, 15) is 4.79 Å². The number of nitrogens with one attached hydrogen (secondary N) is 2. The van der Waals surface area contributed by atoms with E-state index in [1.54, 1.807) is 17.6 Å². The number of nitrogens with zero attached hydrogens (tertiary/aromatic N) is 1. The van der Waals surface area contributed by atoms with Gasteiger partial charge in [0.15, 0.2) is 0 Å². The molecule has 1 amide bonds. The zero-order valence-electron chi connectivity index (χ0n) is 7.53. The molecule has 1 aliphatic rings. The van der Waals surface area contributed by atoms with E-state index >= 15 is 0 Å². The van der Waals surface area contributed by atoms with Crippen molar-refractivity contribution < 1.29 is 10.0 Å². The Morgan fingerprint density at radius 1 is 1.57 bits per heavy atom. The number of aromatic nitrogens is 1. The van der Waals surface area contributed by atoms with E-state index in [0.717, 1.165) is 12.8 Å². The van der Waals surface area contributed by atoms with Crippen LogP contribution in [0.25, 0.3) is 0 Å². The molecule has 1 heterocycles. The van der Waals surface area contributed by atoms with Gasteiger partial charge in [0.25, 0.3) is 5.91 Å². The van der Waals surface area contributed by atoms with E-state index in [4.69, 9.17) is 5.21 Å². The van der Waals surface area contributed by atoms with Gasteiger partial charge in [-0.25, -0.2) is 10.5 Å². The van der Waals surface area contributed by atoms with E-state index in [-0.39, 0.29) is 0 Å². The molecule has 0 unspecified atom stereocenters. The summed E-state index contributed by atoms with van der Waals surface area (Å²) in [6, 6.07) is 3.66. The maximum Gasteiger partial charge on any atom is 0.274 e. The number of hydrogen-bond acceptors (Lipinski definition) is 4. The third kappa shape index (κ3) is 2.00. The molecule has 0 bridgehead atoms. The predicted octanol–water partition coefficient (Wildman–Crippen LogP) is 0.775. The number of rotatable bonds is 3. The molecule has 5 nitrogen and oxygen atoms in total. The molecular formula is C9H11N3O2. The Bertz CT molecular complexity index is 350. The van der Waals surface area contributed by atoms with E-state index in [0.29, 0.717) is 17.4 Å². The highest BCUT2D eigenvalue weighted by Crippen LogP contribution is 2.23. The maximum absolute atomic E-state index is 11.1. The van der Waals surface area contributed by atoms with Crippen LogP contribution in [-0.4, -0.2) is 22.1 Å². The second-order valence-corrected chi connectivity index (χ2v) is 3.29.